The van der Waals surface area contributed by atoms with Crippen molar-refractivity contribution in [2.24, 2.45) is 0 Å². The monoisotopic (exact) mass is 390 g/mol. The quantitative estimate of drug-likeness (QED) is 0.711. The van der Waals surface area contributed by atoms with Crippen LogP contribution in [0.1, 0.15) is 19.5 Å². The topological polar surface area (TPSA) is 82.6 Å². The minimum absolute atomic E-state index is 0.0496. The van der Waals surface area contributed by atoms with Crippen LogP contribution >= 0.6 is 0 Å². The SMILES string of the molecule is CCN(CC)c1ccc(NC(=O)CN(Cc2ccccn2)S(C)(=O)=O)cc1. The van der Waals surface area contributed by atoms with Crippen molar-refractivity contribution in [2.45, 2.75) is 20.4 Å². The van der Waals surface area contributed by atoms with Crippen LogP contribution in [0.3, 0.4) is 0 Å². The second-order valence-corrected chi connectivity index (χ2v) is 8.10. The Morgan fingerprint density at radius 3 is 2.26 bits per heavy atom. The minimum Gasteiger partial charge on any atom is -0.372 e. The number of hydrogen-bond acceptors (Lipinski definition) is 5. The van der Waals surface area contributed by atoms with Gasteiger partial charge in [0.05, 0.1) is 25.0 Å². The second-order valence-electron chi connectivity index (χ2n) is 6.12. The van der Waals surface area contributed by atoms with E-state index in [0.29, 0.717) is 11.4 Å². The molecule has 7 nitrogen and oxygen atoms in total. The molecule has 0 fully saturated rings. The summed E-state index contributed by atoms with van der Waals surface area (Å²) in [6.45, 7) is 5.75. The molecule has 8 heteroatoms. The average molecular weight is 391 g/mol. The summed E-state index contributed by atoms with van der Waals surface area (Å²) in [4.78, 5) is 18.7. The van der Waals surface area contributed by atoms with Gasteiger partial charge in [0, 0.05) is 30.7 Å². The maximum absolute atomic E-state index is 12.3. The highest BCUT2D eigenvalue weighted by Gasteiger charge is 2.21. The van der Waals surface area contributed by atoms with Crippen molar-refractivity contribution in [2.75, 3.05) is 36.1 Å². The van der Waals surface area contributed by atoms with Crippen LogP contribution < -0.4 is 10.2 Å². The first-order chi connectivity index (χ1) is 12.8. The summed E-state index contributed by atoms with van der Waals surface area (Å²) in [6.07, 6.45) is 2.68. The molecule has 0 radical (unpaired) electrons. The zero-order chi connectivity index (χ0) is 19.9. The summed E-state index contributed by atoms with van der Waals surface area (Å²) in [5.41, 5.74) is 2.28. The molecule has 1 N–H and O–H groups in total. The van der Waals surface area contributed by atoms with Gasteiger partial charge in [-0.2, -0.15) is 4.31 Å². The lowest BCUT2D eigenvalue weighted by Crippen LogP contribution is -2.37. The van der Waals surface area contributed by atoms with Gasteiger partial charge < -0.3 is 10.2 Å². The lowest BCUT2D eigenvalue weighted by Gasteiger charge is -2.21. The number of hydrogen-bond donors (Lipinski definition) is 1. The molecule has 1 aromatic carbocycles. The van der Waals surface area contributed by atoms with Crippen LogP contribution in [-0.4, -0.2) is 49.5 Å². The first-order valence-electron chi connectivity index (χ1n) is 8.83. The summed E-state index contributed by atoms with van der Waals surface area (Å²) in [6, 6.07) is 12.8. The smallest absolute Gasteiger partial charge is 0.239 e. The van der Waals surface area contributed by atoms with Crippen LogP contribution in [0, 0.1) is 0 Å². The predicted octanol–water partition coefficient (Wildman–Crippen LogP) is 2.33. The van der Waals surface area contributed by atoms with Gasteiger partial charge in [0.25, 0.3) is 0 Å². The van der Waals surface area contributed by atoms with E-state index in [2.05, 4.69) is 29.0 Å². The van der Waals surface area contributed by atoms with Crippen LogP contribution in [0.2, 0.25) is 0 Å². The Bertz CT molecular complexity index is 835. The fraction of sp³-hybridized carbons (Fsp3) is 0.368. The standard InChI is InChI=1S/C19H26N4O3S/c1-4-22(5-2)18-11-9-16(10-12-18)21-19(24)15-23(27(3,25)26)14-17-8-6-7-13-20-17/h6-13H,4-5,14-15H2,1-3H3,(H,21,24). The third-order valence-electron chi connectivity index (χ3n) is 4.13. The summed E-state index contributed by atoms with van der Waals surface area (Å²) >= 11 is 0. The fourth-order valence-electron chi connectivity index (χ4n) is 2.67. The Balaban J connectivity index is 2.03. The molecule has 2 rings (SSSR count). The molecule has 0 aliphatic rings. The van der Waals surface area contributed by atoms with Crippen LogP contribution in [-0.2, 0) is 21.4 Å². The Hall–Kier alpha value is -2.45. The molecule has 2 aromatic rings. The molecule has 146 valence electrons. The van der Waals surface area contributed by atoms with Gasteiger partial charge in [-0.15, -0.1) is 0 Å². The van der Waals surface area contributed by atoms with Crippen molar-refractivity contribution >= 4 is 27.3 Å². The Morgan fingerprint density at radius 2 is 1.74 bits per heavy atom. The van der Waals surface area contributed by atoms with Crippen molar-refractivity contribution < 1.29 is 13.2 Å². The number of aromatic nitrogens is 1. The average Bonchev–Trinajstić information content (AvgIpc) is 2.63. The number of anilines is 2. The lowest BCUT2D eigenvalue weighted by molar-refractivity contribution is -0.116. The molecular weight excluding hydrogens is 364 g/mol. The van der Waals surface area contributed by atoms with Gasteiger partial charge in [0.2, 0.25) is 15.9 Å². The molecule has 0 saturated carbocycles. The number of nitrogens with one attached hydrogen (secondary N) is 1. The third kappa shape index (κ3) is 6.33. The third-order valence-corrected chi connectivity index (χ3v) is 5.33. The number of benzene rings is 1. The molecule has 0 aliphatic heterocycles. The van der Waals surface area contributed by atoms with E-state index in [9.17, 15) is 13.2 Å². The largest absolute Gasteiger partial charge is 0.372 e. The second kappa shape index (κ2) is 9.48. The van der Waals surface area contributed by atoms with Gasteiger partial charge in [0.1, 0.15) is 0 Å². The van der Waals surface area contributed by atoms with Crippen LogP contribution in [0.15, 0.2) is 48.7 Å². The Morgan fingerprint density at radius 1 is 1.07 bits per heavy atom. The normalized spacial score (nSPS) is 11.4. The predicted molar refractivity (Wildman–Crippen MR) is 108 cm³/mol. The highest BCUT2D eigenvalue weighted by molar-refractivity contribution is 7.88. The first kappa shape index (κ1) is 20.9. The minimum atomic E-state index is -3.55. The van der Waals surface area contributed by atoms with Gasteiger partial charge in [-0.1, -0.05) is 6.07 Å². The number of pyridine rings is 1. The summed E-state index contributed by atoms with van der Waals surface area (Å²) < 4.78 is 25.2. The molecule has 1 amide bonds. The summed E-state index contributed by atoms with van der Waals surface area (Å²) in [5, 5.41) is 2.75. The van der Waals surface area contributed by atoms with Gasteiger partial charge in [0.15, 0.2) is 0 Å². The number of carbonyl (C=O) groups excluding carboxylic acids is 1. The number of carbonyl (C=O) groups is 1. The highest BCUT2D eigenvalue weighted by atomic mass is 32.2. The molecule has 0 aliphatic carbocycles. The van der Waals surface area contributed by atoms with E-state index in [4.69, 9.17) is 0 Å². The van der Waals surface area contributed by atoms with Crippen LogP contribution in [0.4, 0.5) is 11.4 Å². The number of rotatable bonds is 9. The number of nitrogens with zero attached hydrogens (tertiary/aromatic N) is 3. The van der Waals surface area contributed by atoms with Crippen molar-refractivity contribution in [3.63, 3.8) is 0 Å². The zero-order valence-corrected chi connectivity index (χ0v) is 16.7. The van der Waals surface area contributed by atoms with Crippen molar-refractivity contribution in [1.29, 1.82) is 0 Å². The molecular formula is C19H26N4O3S. The van der Waals surface area contributed by atoms with Crippen molar-refractivity contribution in [3.8, 4) is 0 Å². The van der Waals surface area contributed by atoms with E-state index in [0.717, 1.165) is 29.3 Å². The van der Waals surface area contributed by atoms with Crippen molar-refractivity contribution in [3.05, 3.63) is 54.4 Å². The Kier molecular flexibility index (Phi) is 7.32. The van der Waals surface area contributed by atoms with E-state index < -0.39 is 15.9 Å². The van der Waals surface area contributed by atoms with E-state index in [1.54, 1.807) is 24.4 Å². The highest BCUT2D eigenvalue weighted by Crippen LogP contribution is 2.18. The molecule has 0 unspecified atom stereocenters. The van der Waals surface area contributed by atoms with E-state index in [1.807, 2.05) is 24.3 Å². The van der Waals surface area contributed by atoms with Crippen molar-refractivity contribution in [1.82, 2.24) is 9.29 Å². The number of amides is 1. The van der Waals surface area contributed by atoms with E-state index in [-0.39, 0.29) is 13.1 Å². The lowest BCUT2D eigenvalue weighted by atomic mass is 10.2. The van der Waals surface area contributed by atoms with Crippen LogP contribution in [0.5, 0.6) is 0 Å². The number of sulfonamides is 1. The maximum Gasteiger partial charge on any atom is 0.239 e. The Labute approximate surface area is 161 Å². The molecule has 0 spiro atoms. The van der Waals surface area contributed by atoms with E-state index in [1.165, 1.54) is 0 Å². The fourth-order valence-corrected chi connectivity index (χ4v) is 3.39. The molecule has 1 heterocycles. The molecule has 1 aromatic heterocycles. The van der Waals surface area contributed by atoms with E-state index >= 15 is 0 Å². The molecule has 27 heavy (non-hydrogen) atoms. The molecule has 0 atom stereocenters. The first-order valence-corrected chi connectivity index (χ1v) is 10.7. The van der Waals surface area contributed by atoms with Gasteiger partial charge in [-0.05, 0) is 50.2 Å². The van der Waals surface area contributed by atoms with Gasteiger partial charge in [-0.25, -0.2) is 8.42 Å². The van der Waals surface area contributed by atoms with Gasteiger partial charge >= 0.3 is 0 Å². The van der Waals surface area contributed by atoms with Gasteiger partial charge in [-0.3, -0.25) is 9.78 Å². The molecule has 0 bridgehead atoms. The summed E-state index contributed by atoms with van der Waals surface area (Å²) in [5.74, 6) is -0.396. The summed E-state index contributed by atoms with van der Waals surface area (Å²) in [7, 11) is -3.55. The molecule has 0 saturated heterocycles. The maximum atomic E-state index is 12.3. The van der Waals surface area contributed by atoms with Crippen LogP contribution in [0.25, 0.3) is 0 Å². The zero-order valence-electron chi connectivity index (χ0n) is 15.9.